The van der Waals surface area contributed by atoms with E-state index >= 15 is 0 Å². The van der Waals surface area contributed by atoms with Crippen LogP contribution in [0, 0.1) is 0 Å². The number of likely N-dealkylation sites (tertiary alicyclic amines) is 1. The summed E-state index contributed by atoms with van der Waals surface area (Å²) >= 11 is 3.17. The number of piperidine rings is 1. The minimum absolute atomic E-state index is 0.0570. The lowest BCUT2D eigenvalue weighted by Gasteiger charge is -2.33. The number of rotatable bonds is 2. The van der Waals surface area contributed by atoms with Crippen molar-refractivity contribution in [2.75, 3.05) is 20.1 Å². The van der Waals surface area contributed by atoms with Gasteiger partial charge in [0.05, 0.1) is 11.1 Å². The Morgan fingerprint density at radius 3 is 2.76 bits per heavy atom. The molecule has 0 bridgehead atoms. The van der Waals surface area contributed by atoms with Gasteiger partial charge in [0.15, 0.2) is 0 Å². The summed E-state index contributed by atoms with van der Waals surface area (Å²) in [4.78, 5) is 14.1. The third-order valence-electron chi connectivity index (χ3n) is 3.64. The Bertz CT molecular complexity index is 533. The van der Waals surface area contributed by atoms with Crippen LogP contribution in [0.1, 0.15) is 28.8 Å². The molecule has 0 spiro atoms. The molecule has 0 saturated carbocycles. The lowest BCUT2D eigenvalue weighted by atomic mass is 10.0. The van der Waals surface area contributed by atoms with Crippen LogP contribution < -0.4 is 5.32 Å². The van der Waals surface area contributed by atoms with Crippen LogP contribution in [0.15, 0.2) is 22.7 Å². The van der Waals surface area contributed by atoms with Crippen LogP contribution in [0.3, 0.4) is 0 Å². The fraction of sp³-hybridized carbons (Fsp3) is 0.500. The molecule has 1 aromatic carbocycles. The van der Waals surface area contributed by atoms with Crippen molar-refractivity contribution in [3.8, 4) is 0 Å². The lowest BCUT2D eigenvalue weighted by Crippen LogP contribution is -2.47. The standard InChI is InChI=1S/C14H16BrF3N2O/c1-19-10-3-2-6-20(8-10)13(21)11-7-9(14(16,17)18)4-5-12(11)15/h4-5,7,10,19H,2-3,6,8H2,1H3. The molecule has 1 amide bonds. The first-order valence-corrected chi connectivity index (χ1v) is 7.45. The van der Waals surface area contributed by atoms with E-state index in [0.29, 0.717) is 17.6 Å². The third kappa shape index (κ3) is 3.77. The summed E-state index contributed by atoms with van der Waals surface area (Å²) in [6.45, 7) is 1.08. The van der Waals surface area contributed by atoms with Gasteiger partial charge in [-0.3, -0.25) is 4.79 Å². The molecule has 2 rings (SSSR count). The second-order valence-corrected chi connectivity index (χ2v) is 5.93. The summed E-state index contributed by atoms with van der Waals surface area (Å²) < 4.78 is 38.7. The number of hydrogen-bond acceptors (Lipinski definition) is 2. The van der Waals surface area contributed by atoms with E-state index in [1.165, 1.54) is 6.07 Å². The number of nitrogens with zero attached hydrogens (tertiary/aromatic N) is 1. The molecule has 1 atom stereocenters. The van der Waals surface area contributed by atoms with Crippen LogP contribution in [0.2, 0.25) is 0 Å². The third-order valence-corrected chi connectivity index (χ3v) is 4.33. The van der Waals surface area contributed by atoms with Gasteiger partial charge in [-0.2, -0.15) is 13.2 Å². The highest BCUT2D eigenvalue weighted by atomic mass is 79.9. The number of carbonyl (C=O) groups excluding carboxylic acids is 1. The highest BCUT2D eigenvalue weighted by molar-refractivity contribution is 9.10. The second kappa shape index (κ2) is 6.36. The van der Waals surface area contributed by atoms with E-state index < -0.39 is 11.7 Å². The average Bonchev–Trinajstić information content (AvgIpc) is 2.46. The smallest absolute Gasteiger partial charge is 0.337 e. The molecule has 1 saturated heterocycles. The zero-order valence-corrected chi connectivity index (χ0v) is 13.1. The quantitative estimate of drug-likeness (QED) is 0.873. The first kappa shape index (κ1) is 16.3. The van der Waals surface area contributed by atoms with Gasteiger partial charge in [-0.05, 0) is 54.0 Å². The zero-order chi connectivity index (χ0) is 15.6. The van der Waals surface area contributed by atoms with E-state index in [-0.39, 0.29) is 17.5 Å². The van der Waals surface area contributed by atoms with E-state index in [2.05, 4.69) is 21.2 Å². The van der Waals surface area contributed by atoms with E-state index in [0.717, 1.165) is 25.0 Å². The number of likely N-dealkylation sites (N-methyl/N-ethyl adjacent to an activating group) is 1. The molecule has 7 heteroatoms. The molecular formula is C14H16BrF3N2O. The minimum atomic E-state index is -4.45. The molecular weight excluding hydrogens is 349 g/mol. The van der Waals surface area contributed by atoms with E-state index in [1.807, 2.05) is 7.05 Å². The van der Waals surface area contributed by atoms with Gasteiger partial charge < -0.3 is 10.2 Å². The molecule has 1 fully saturated rings. The Balaban J connectivity index is 2.26. The van der Waals surface area contributed by atoms with Crippen LogP contribution in [0.5, 0.6) is 0 Å². The molecule has 0 radical (unpaired) electrons. The van der Waals surface area contributed by atoms with Crippen molar-refractivity contribution in [3.05, 3.63) is 33.8 Å². The summed E-state index contributed by atoms with van der Waals surface area (Å²) in [5.41, 5.74) is -0.752. The summed E-state index contributed by atoms with van der Waals surface area (Å²) in [5, 5.41) is 3.10. The van der Waals surface area contributed by atoms with Gasteiger partial charge in [0, 0.05) is 23.6 Å². The van der Waals surface area contributed by atoms with Crippen LogP contribution >= 0.6 is 15.9 Å². The van der Waals surface area contributed by atoms with E-state index in [4.69, 9.17) is 0 Å². The maximum Gasteiger partial charge on any atom is 0.416 e. The second-order valence-electron chi connectivity index (χ2n) is 5.07. The van der Waals surface area contributed by atoms with Gasteiger partial charge in [-0.1, -0.05) is 0 Å². The Labute approximate surface area is 129 Å². The molecule has 1 heterocycles. The molecule has 0 aliphatic carbocycles. The molecule has 1 unspecified atom stereocenters. The van der Waals surface area contributed by atoms with E-state index in [1.54, 1.807) is 4.90 Å². The summed E-state index contributed by atoms with van der Waals surface area (Å²) in [6, 6.07) is 3.34. The first-order chi connectivity index (χ1) is 9.82. The fourth-order valence-electron chi connectivity index (χ4n) is 2.43. The lowest BCUT2D eigenvalue weighted by molar-refractivity contribution is -0.137. The number of carbonyl (C=O) groups is 1. The molecule has 1 N–H and O–H groups in total. The number of alkyl halides is 3. The topological polar surface area (TPSA) is 32.3 Å². The van der Waals surface area contributed by atoms with Crippen LogP contribution in [-0.2, 0) is 6.18 Å². The molecule has 1 aromatic rings. The van der Waals surface area contributed by atoms with Crippen LogP contribution in [-0.4, -0.2) is 37.0 Å². The predicted octanol–water partition coefficient (Wildman–Crippen LogP) is 3.29. The SMILES string of the molecule is CNC1CCCN(C(=O)c2cc(C(F)(F)F)ccc2Br)C1. The van der Waals surface area contributed by atoms with Crippen LogP contribution in [0.4, 0.5) is 13.2 Å². The van der Waals surface area contributed by atoms with Crippen molar-refractivity contribution >= 4 is 21.8 Å². The van der Waals surface area contributed by atoms with Gasteiger partial charge in [-0.25, -0.2) is 0 Å². The van der Waals surface area contributed by atoms with Crippen molar-refractivity contribution in [3.63, 3.8) is 0 Å². The summed E-state index contributed by atoms with van der Waals surface area (Å²) in [7, 11) is 1.82. The van der Waals surface area contributed by atoms with Crippen molar-refractivity contribution < 1.29 is 18.0 Å². The first-order valence-electron chi connectivity index (χ1n) is 6.66. The summed E-state index contributed by atoms with van der Waals surface area (Å²) in [5.74, 6) is -0.368. The summed E-state index contributed by atoms with van der Waals surface area (Å²) in [6.07, 6.45) is -2.65. The van der Waals surface area contributed by atoms with Gasteiger partial charge in [0.2, 0.25) is 0 Å². The number of nitrogens with one attached hydrogen (secondary N) is 1. The Morgan fingerprint density at radius 1 is 1.43 bits per heavy atom. The predicted molar refractivity (Wildman–Crippen MR) is 77.1 cm³/mol. The maximum atomic E-state index is 12.8. The van der Waals surface area contributed by atoms with Crippen molar-refractivity contribution in [1.29, 1.82) is 0 Å². The fourth-order valence-corrected chi connectivity index (χ4v) is 2.85. The number of halogens is 4. The minimum Gasteiger partial charge on any atom is -0.337 e. The molecule has 1 aliphatic heterocycles. The molecule has 1 aliphatic rings. The van der Waals surface area contributed by atoms with Gasteiger partial charge in [0.25, 0.3) is 5.91 Å². The number of benzene rings is 1. The normalized spacial score (nSPS) is 19.7. The molecule has 3 nitrogen and oxygen atoms in total. The van der Waals surface area contributed by atoms with Gasteiger partial charge in [0.1, 0.15) is 0 Å². The highest BCUT2D eigenvalue weighted by Gasteiger charge is 2.32. The Kier molecular flexibility index (Phi) is 4.93. The number of amides is 1. The van der Waals surface area contributed by atoms with E-state index in [9.17, 15) is 18.0 Å². The molecule has 116 valence electrons. The van der Waals surface area contributed by atoms with Crippen LogP contribution in [0.25, 0.3) is 0 Å². The average molecular weight is 365 g/mol. The van der Waals surface area contributed by atoms with Crippen molar-refractivity contribution in [2.45, 2.75) is 25.1 Å². The van der Waals surface area contributed by atoms with Crippen molar-refractivity contribution in [2.24, 2.45) is 0 Å². The van der Waals surface area contributed by atoms with Gasteiger partial charge >= 0.3 is 6.18 Å². The zero-order valence-electron chi connectivity index (χ0n) is 11.5. The monoisotopic (exact) mass is 364 g/mol. The highest BCUT2D eigenvalue weighted by Crippen LogP contribution is 2.32. The Morgan fingerprint density at radius 2 is 2.14 bits per heavy atom. The largest absolute Gasteiger partial charge is 0.416 e. The Hall–Kier alpha value is -1.08. The molecule has 21 heavy (non-hydrogen) atoms. The number of hydrogen-bond donors (Lipinski definition) is 1. The van der Waals surface area contributed by atoms with Crippen molar-refractivity contribution in [1.82, 2.24) is 10.2 Å². The maximum absolute atomic E-state index is 12.8. The van der Waals surface area contributed by atoms with Gasteiger partial charge in [-0.15, -0.1) is 0 Å². The molecule has 0 aromatic heterocycles.